The van der Waals surface area contributed by atoms with Gasteiger partial charge in [-0.1, -0.05) is 6.07 Å². The molecule has 1 aliphatic rings. The SMILES string of the molecule is COc1c(Br)ccc(C2(O)CC2)c1O. The van der Waals surface area contributed by atoms with Crippen molar-refractivity contribution in [1.82, 2.24) is 0 Å². The first-order valence-electron chi connectivity index (χ1n) is 4.37. The summed E-state index contributed by atoms with van der Waals surface area (Å²) in [5, 5.41) is 19.7. The maximum Gasteiger partial charge on any atom is 0.175 e. The zero-order chi connectivity index (χ0) is 10.3. The number of hydrogen-bond acceptors (Lipinski definition) is 3. The third kappa shape index (κ3) is 1.38. The van der Waals surface area contributed by atoms with E-state index in [9.17, 15) is 10.2 Å². The molecule has 0 radical (unpaired) electrons. The number of phenols is 1. The van der Waals surface area contributed by atoms with Gasteiger partial charge in [-0.2, -0.15) is 0 Å². The Morgan fingerprint density at radius 3 is 2.57 bits per heavy atom. The Labute approximate surface area is 90.5 Å². The molecule has 14 heavy (non-hydrogen) atoms. The van der Waals surface area contributed by atoms with E-state index in [4.69, 9.17) is 4.74 Å². The molecule has 0 bridgehead atoms. The van der Waals surface area contributed by atoms with Gasteiger partial charge in [0, 0.05) is 5.56 Å². The Morgan fingerprint density at radius 1 is 1.43 bits per heavy atom. The predicted molar refractivity (Wildman–Crippen MR) is 55.5 cm³/mol. The summed E-state index contributed by atoms with van der Waals surface area (Å²) in [4.78, 5) is 0. The maximum absolute atomic E-state index is 9.86. The molecule has 1 saturated carbocycles. The van der Waals surface area contributed by atoms with E-state index in [1.165, 1.54) is 7.11 Å². The average Bonchev–Trinajstić information content (AvgIpc) is 2.85. The predicted octanol–water partition coefficient (Wildman–Crippen LogP) is 2.14. The summed E-state index contributed by atoms with van der Waals surface area (Å²) < 4.78 is 5.72. The van der Waals surface area contributed by atoms with Crippen LogP contribution < -0.4 is 4.74 Å². The van der Waals surface area contributed by atoms with Crippen LogP contribution >= 0.6 is 15.9 Å². The standard InChI is InChI=1S/C10H11BrO3/c1-14-9-7(11)3-2-6(8(9)12)10(13)4-5-10/h2-3,12-13H,4-5H2,1H3. The van der Waals surface area contributed by atoms with Crippen LogP contribution in [0.2, 0.25) is 0 Å². The minimum Gasteiger partial charge on any atom is -0.504 e. The lowest BCUT2D eigenvalue weighted by Crippen LogP contribution is -2.05. The summed E-state index contributed by atoms with van der Waals surface area (Å²) in [6.45, 7) is 0. The molecule has 0 heterocycles. The van der Waals surface area contributed by atoms with Gasteiger partial charge in [0.15, 0.2) is 11.5 Å². The van der Waals surface area contributed by atoms with Crippen molar-refractivity contribution in [3.8, 4) is 11.5 Å². The molecule has 0 atom stereocenters. The first kappa shape index (κ1) is 9.80. The van der Waals surface area contributed by atoms with E-state index in [2.05, 4.69) is 15.9 Å². The smallest absolute Gasteiger partial charge is 0.175 e. The Hall–Kier alpha value is -0.740. The zero-order valence-electron chi connectivity index (χ0n) is 7.75. The van der Waals surface area contributed by atoms with Crippen LogP contribution in [0.15, 0.2) is 16.6 Å². The number of methoxy groups -OCH3 is 1. The summed E-state index contributed by atoms with van der Waals surface area (Å²) in [6, 6.07) is 3.49. The molecule has 4 heteroatoms. The van der Waals surface area contributed by atoms with Crippen molar-refractivity contribution in [3.05, 3.63) is 22.2 Å². The third-order valence-electron chi connectivity index (χ3n) is 2.51. The van der Waals surface area contributed by atoms with Gasteiger partial charge in [-0.3, -0.25) is 0 Å². The molecule has 0 aromatic heterocycles. The van der Waals surface area contributed by atoms with Gasteiger partial charge in [0.25, 0.3) is 0 Å². The molecule has 3 nitrogen and oxygen atoms in total. The van der Waals surface area contributed by atoms with E-state index in [1.807, 2.05) is 0 Å². The number of ether oxygens (including phenoxy) is 1. The largest absolute Gasteiger partial charge is 0.504 e. The fourth-order valence-corrected chi connectivity index (χ4v) is 1.99. The van der Waals surface area contributed by atoms with Crippen LogP contribution in [-0.2, 0) is 5.60 Å². The van der Waals surface area contributed by atoms with Gasteiger partial charge >= 0.3 is 0 Å². The van der Waals surface area contributed by atoms with Crippen molar-refractivity contribution in [1.29, 1.82) is 0 Å². The van der Waals surface area contributed by atoms with Crippen LogP contribution in [-0.4, -0.2) is 17.3 Å². The van der Waals surface area contributed by atoms with Gasteiger partial charge in [-0.15, -0.1) is 0 Å². The summed E-state index contributed by atoms with van der Waals surface area (Å²) in [6.07, 6.45) is 1.40. The minimum absolute atomic E-state index is 0.0295. The summed E-state index contributed by atoms with van der Waals surface area (Å²) in [7, 11) is 1.49. The first-order valence-corrected chi connectivity index (χ1v) is 5.16. The number of aromatic hydroxyl groups is 1. The average molecular weight is 259 g/mol. The minimum atomic E-state index is -0.835. The number of aliphatic hydroxyl groups is 1. The highest BCUT2D eigenvalue weighted by Crippen LogP contribution is 2.51. The van der Waals surface area contributed by atoms with Gasteiger partial charge < -0.3 is 14.9 Å². The Morgan fingerprint density at radius 2 is 2.07 bits per heavy atom. The fourth-order valence-electron chi connectivity index (χ4n) is 1.50. The van der Waals surface area contributed by atoms with Gasteiger partial charge in [-0.25, -0.2) is 0 Å². The molecular formula is C10H11BrO3. The molecule has 0 saturated heterocycles. The monoisotopic (exact) mass is 258 g/mol. The molecule has 0 aliphatic heterocycles. The molecule has 2 rings (SSSR count). The van der Waals surface area contributed by atoms with Gasteiger partial charge in [0.1, 0.15) is 0 Å². The molecule has 1 aromatic rings. The lowest BCUT2D eigenvalue weighted by molar-refractivity contribution is 0.147. The van der Waals surface area contributed by atoms with E-state index in [0.717, 1.165) is 0 Å². The second-order valence-electron chi connectivity index (χ2n) is 3.51. The second kappa shape index (κ2) is 3.14. The molecule has 0 amide bonds. The number of hydrogen-bond donors (Lipinski definition) is 2. The highest BCUT2D eigenvalue weighted by molar-refractivity contribution is 9.10. The van der Waals surface area contributed by atoms with Gasteiger partial charge in [0.05, 0.1) is 17.2 Å². The quantitative estimate of drug-likeness (QED) is 0.855. The lowest BCUT2D eigenvalue weighted by atomic mass is 10.1. The van der Waals surface area contributed by atoms with Crippen molar-refractivity contribution in [2.75, 3.05) is 7.11 Å². The van der Waals surface area contributed by atoms with E-state index in [-0.39, 0.29) is 5.75 Å². The number of benzene rings is 1. The summed E-state index contributed by atoms with van der Waals surface area (Å²) in [5.41, 5.74) is -0.282. The highest BCUT2D eigenvalue weighted by Gasteiger charge is 2.44. The molecule has 76 valence electrons. The van der Waals surface area contributed by atoms with Crippen molar-refractivity contribution < 1.29 is 14.9 Å². The van der Waals surface area contributed by atoms with Crippen molar-refractivity contribution in [2.24, 2.45) is 0 Å². The zero-order valence-corrected chi connectivity index (χ0v) is 9.34. The van der Waals surface area contributed by atoms with E-state index < -0.39 is 5.60 Å². The van der Waals surface area contributed by atoms with Crippen molar-refractivity contribution in [3.63, 3.8) is 0 Å². The molecule has 0 unspecified atom stereocenters. The van der Waals surface area contributed by atoms with Crippen LogP contribution in [0.25, 0.3) is 0 Å². The first-order chi connectivity index (χ1) is 6.58. The Balaban J connectivity index is 2.53. The molecule has 2 N–H and O–H groups in total. The third-order valence-corrected chi connectivity index (χ3v) is 3.14. The van der Waals surface area contributed by atoms with Crippen molar-refractivity contribution >= 4 is 15.9 Å². The Kier molecular flexibility index (Phi) is 2.20. The summed E-state index contributed by atoms with van der Waals surface area (Å²) in [5.74, 6) is 0.407. The molecular weight excluding hydrogens is 248 g/mol. The number of rotatable bonds is 2. The van der Waals surface area contributed by atoms with Crippen LogP contribution in [0.4, 0.5) is 0 Å². The lowest BCUT2D eigenvalue weighted by Gasteiger charge is -2.14. The van der Waals surface area contributed by atoms with Crippen molar-refractivity contribution in [2.45, 2.75) is 18.4 Å². The Bertz CT molecular complexity index is 372. The van der Waals surface area contributed by atoms with Crippen LogP contribution in [0.5, 0.6) is 11.5 Å². The van der Waals surface area contributed by atoms with E-state index in [0.29, 0.717) is 28.6 Å². The van der Waals surface area contributed by atoms with Crippen LogP contribution in [0.1, 0.15) is 18.4 Å². The molecule has 1 fully saturated rings. The second-order valence-corrected chi connectivity index (χ2v) is 4.36. The molecule has 0 spiro atoms. The van der Waals surface area contributed by atoms with E-state index in [1.54, 1.807) is 12.1 Å². The maximum atomic E-state index is 9.86. The van der Waals surface area contributed by atoms with Crippen LogP contribution in [0.3, 0.4) is 0 Å². The molecule has 1 aliphatic carbocycles. The van der Waals surface area contributed by atoms with Crippen LogP contribution in [0, 0.1) is 0 Å². The summed E-state index contributed by atoms with van der Waals surface area (Å²) >= 11 is 3.26. The van der Waals surface area contributed by atoms with Gasteiger partial charge in [-0.05, 0) is 34.8 Å². The topological polar surface area (TPSA) is 49.7 Å². The van der Waals surface area contributed by atoms with Gasteiger partial charge in [0.2, 0.25) is 0 Å². The normalized spacial score (nSPS) is 17.9. The fraction of sp³-hybridized carbons (Fsp3) is 0.400. The highest BCUT2D eigenvalue weighted by atomic mass is 79.9. The van der Waals surface area contributed by atoms with E-state index >= 15 is 0 Å². The number of phenolic OH excluding ortho intramolecular Hbond substituents is 1. The number of halogens is 1. The molecule has 1 aromatic carbocycles.